The zero-order valence-electron chi connectivity index (χ0n) is 21.4. The zero-order chi connectivity index (χ0) is 22.6. The molecule has 0 saturated carbocycles. The topological polar surface area (TPSA) is 93.2 Å². The van der Waals surface area contributed by atoms with Crippen molar-refractivity contribution in [3.05, 3.63) is 59.9 Å². The summed E-state index contributed by atoms with van der Waals surface area (Å²) in [7, 11) is 0. The Bertz CT molecular complexity index is 915. The van der Waals surface area contributed by atoms with Crippen LogP contribution in [-0.2, 0) is 13.1 Å². The van der Waals surface area contributed by atoms with Gasteiger partial charge in [-0.2, -0.15) is 5.10 Å². The SMILES string of the molecule is Cl.Cl.Cl.Cl.Cl.c1coc(-c2cc(NCc3ccc(CN4CCCNCCNCCCNCC4)cc3)n[nH]2)c1. The molecule has 0 spiro atoms. The Balaban J connectivity index is 0. The molecule has 5 N–H and O–H groups in total. The minimum absolute atomic E-state index is 0. The average molecular weight is 634 g/mol. The standard InChI is InChI=1S/C25H37N7O.5ClH/c1-4-24(33-17-1)23-18-25(31-30-23)29-19-21-5-7-22(8-6-21)20-32-15-3-11-27-13-12-26-9-2-10-28-14-16-32;;;;;/h1,4-8,17-18,26-28H,2-3,9-16,19-20H2,(H2,29,30,31);5*1H. The van der Waals surface area contributed by atoms with Crippen molar-refractivity contribution >= 4 is 67.9 Å². The van der Waals surface area contributed by atoms with Gasteiger partial charge in [0.05, 0.1) is 6.26 Å². The third-order valence-electron chi connectivity index (χ3n) is 5.89. The number of halogens is 5. The van der Waals surface area contributed by atoms with Crippen LogP contribution in [0.4, 0.5) is 5.82 Å². The second kappa shape index (κ2) is 22.6. The van der Waals surface area contributed by atoms with Crippen LogP contribution in [0.15, 0.2) is 53.1 Å². The molecule has 0 unspecified atom stereocenters. The van der Waals surface area contributed by atoms with Gasteiger partial charge in [0.15, 0.2) is 5.76 Å². The second-order valence-electron chi connectivity index (χ2n) is 8.55. The maximum Gasteiger partial charge on any atom is 0.151 e. The van der Waals surface area contributed by atoms with Crippen LogP contribution in [0.25, 0.3) is 11.5 Å². The smallest absolute Gasteiger partial charge is 0.151 e. The van der Waals surface area contributed by atoms with Crippen LogP contribution in [0.3, 0.4) is 0 Å². The molecule has 0 aliphatic carbocycles. The van der Waals surface area contributed by atoms with Gasteiger partial charge in [0.25, 0.3) is 0 Å². The fourth-order valence-corrected chi connectivity index (χ4v) is 4.01. The van der Waals surface area contributed by atoms with Crippen LogP contribution in [-0.4, -0.2) is 67.5 Å². The van der Waals surface area contributed by atoms with Crippen molar-refractivity contribution in [1.29, 1.82) is 0 Å². The van der Waals surface area contributed by atoms with Crippen LogP contribution in [0.2, 0.25) is 0 Å². The number of nitrogens with one attached hydrogen (secondary N) is 5. The van der Waals surface area contributed by atoms with Crippen molar-refractivity contribution in [3.8, 4) is 11.5 Å². The molecule has 3 heterocycles. The Morgan fingerprint density at radius 2 is 1.42 bits per heavy atom. The van der Waals surface area contributed by atoms with E-state index in [9.17, 15) is 0 Å². The highest BCUT2D eigenvalue weighted by molar-refractivity contribution is 5.86. The first-order chi connectivity index (χ1) is 16.4. The molecule has 1 aliphatic heterocycles. The third kappa shape index (κ3) is 13.7. The van der Waals surface area contributed by atoms with Gasteiger partial charge < -0.3 is 25.7 Å². The molecule has 0 bridgehead atoms. The Morgan fingerprint density at radius 3 is 2.11 bits per heavy atom. The quantitative estimate of drug-likeness (QED) is 0.268. The number of anilines is 1. The van der Waals surface area contributed by atoms with Gasteiger partial charge in [-0.25, -0.2) is 0 Å². The van der Waals surface area contributed by atoms with Crippen molar-refractivity contribution in [1.82, 2.24) is 31.0 Å². The van der Waals surface area contributed by atoms with E-state index >= 15 is 0 Å². The molecule has 0 amide bonds. The highest BCUT2D eigenvalue weighted by Crippen LogP contribution is 2.20. The van der Waals surface area contributed by atoms with E-state index in [1.165, 1.54) is 24.0 Å². The van der Waals surface area contributed by atoms with Crippen LogP contribution in [0.5, 0.6) is 0 Å². The first-order valence-electron chi connectivity index (χ1n) is 12.1. The number of hydrogen-bond donors (Lipinski definition) is 5. The van der Waals surface area contributed by atoms with Crippen LogP contribution in [0.1, 0.15) is 24.0 Å². The number of furan rings is 1. The maximum absolute atomic E-state index is 5.41. The Kier molecular flexibility index (Phi) is 23.2. The zero-order valence-corrected chi connectivity index (χ0v) is 25.5. The molecule has 13 heteroatoms. The number of rotatable bonds is 6. The fraction of sp³-hybridized carbons (Fsp3) is 0.480. The van der Waals surface area contributed by atoms with E-state index < -0.39 is 0 Å². The van der Waals surface area contributed by atoms with Crippen molar-refractivity contribution in [3.63, 3.8) is 0 Å². The van der Waals surface area contributed by atoms with E-state index in [0.717, 1.165) is 82.7 Å². The lowest BCUT2D eigenvalue weighted by atomic mass is 10.1. The van der Waals surface area contributed by atoms with Crippen LogP contribution < -0.4 is 21.3 Å². The summed E-state index contributed by atoms with van der Waals surface area (Å²) in [5.74, 6) is 1.60. The predicted octanol–water partition coefficient (Wildman–Crippen LogP) is 4.76. The van der Waals surface area contributed by atoms with E-state index in [4.69, 9.17) is 4.42 Å². The molecule has 4 rings (SSSR count). The van der Waals surface area contributed by atoms with E-state index in [-0.39, 0.29) is 62.0 Å². The highest BCUT2D eigenvalue weighted by Gasteiger charge is 2.08. The average Bonchev–Trinajstić information content (AvgIpc) is 3.53. The number of hydrogen-bond acceptors (Lipinski definition) is 7. The van der Waals surface area contributed by atoms with E-state index in [0.29, 0.717) is 0 Å². The van der Waals surface area contributed by atoms with Gasteiger partial charge in [-0.1, -0.05) is 24.3 Å². The summed E-state index contributed by atoms with van der Waals surface area (Å²) >= 11 is 0. The fourth-order valence-electron chi connectivity index (χ4n) is 4.01. The van der Waals surface area contributed by atoms with Crippen molar-refractivity contribution in [2.45, 2.75) is 25.9 Å². The summed E-state index contributed by atoms with van der Waals surface area (Å²) in [5, 5.41) is 21.3. The minimum Gasteiger partial charge on any atom is -0.463 e. The molecule has 2 aromatic heterocycles. The van der Waals surface area contributed by atoms with E-state index in [1.54, 1.807) is 6.26 Å². The molecule has 3 aromatic rings. The van der Waals surface area contributed by atoms with Crippen molar-refractivity contribution < 1.29 is 4.42 Å². The minimum atomic E-state index is 0. The summed E-state index contributed by atoms with van der Waals surface area (Å²) in [6, 6.07) is 14.7. The van der Waals surface area contributed by atoms with Gasteiger partial charge in [0, 0.05) is 45.3 Å². The van der Waals surface area contributed by atoms with E-state index in [1.807, 2.05) is 18.2 Å². The monoisotopic (exact) mass is 631 g/mol. The van der Waals surface area contributed by atoms with Gasteiger partial charge in [-0.05, 0) is 62.3 Å². The van der Waals surface area contributed by atoms with Crippen molar-refractivity contribution in [2.75, 3.05) is 57.7 Å². The molecule has 0 atom stereocenters. The first-order valence-corrected chi connectivity index (χ1v) is 12.1. The lowest BCUT2D eigenvalue weighted by Crippen LogP contribution is -2.36. The molecule has 218 valence electrons. The summed E-state index contributed by atoms with van der Waals surface area (Å²) < 4.78 is 5.41. The maximum atomic E-state index is 5.41. The molecular formula is C25H42Cl5N7O. The summed E-state index contributed by atoms with van der Waals surface area (Å²) in [4.78, 5) is 2.56. The molecule has 8 nitrogen and oxygen atoms in total. The van der Waals surface area contributed by atoms with Crippen LogP contribution in [0, 0.1) is 0 Å². The predicted molar refractivity (Wildman–Crippen MR) is 169 cm³/mol. The summed E-state index contributed by atoms with van der Waals surface area (Å²) in [5.41, 5.74) is 3.47. The summed E-state index contributed by atoms with van der Waals surface area (Å²) in [6.07, 6.45) is 4.01. The molecule has 1 saturated heterocycles. The molecule has 1 aromatic carbocycles. The number of benzene rings is 1. The third-order valence-corrected chi connectivity index (χ3v) is 5.89. The highest BCUT2D eigenvalue weighted by atomic mass is 35.5. The number of H-pyrrole nitrogens is 1. The molecule has 1 aliphatic rings. The van der Waals surface area contributed by atoms with Crippen LogP contribution >= 0.6 is 62.0 Å². The molecule has 0 radical (unpaired) electrons. The lowest BCUT2D eigenvalue weighted by molar-refractivity contribution is 0.260. The van der Waals surface area contributed by atoms with Gasteiger partial charge in [0.1, 0.15) is 11.5 Å². The van der Waals surface area contributed by atoms with E-state index in [2.05, 4.69) is 60.6 Å². The number of aromatic nitrogens is 2. The molecule has 38 heavy (non-hydrogen) atoms. The van der Waals surface area contributed by atoms with Gasteiger partial charge in [0.2, 0.25) is 0 Å². The normalized spacial score (nSPS) is 15.2. The molecule has 1 fully saturated rings. The Labute approximate surface area is 257 Å². The number of nitrogens with zero attached hydrogens (tertiary/aromatic N) is 2. The largest absolute Gasteiger partial charge is 0.463 e. The van der Waals surface area contributed by atoms with Gasteiger partial charge >= 0.3 is 0 Å². The van der Waals surface area contributed by atoms with Crippen molar-refractivity contribution in [2.24, 2.45) is 0 Å². The van der Waals surface area contributed by atoms with Gasteiger partial charge in [-0.15, -0.1) is 62.0 Å². The Hall–Kier alpha value is -1.20. The second-order valence-corrected chi connectivity index (χ2v) is 8.55. The summed E-state index contributed by atoms with van der Waals surface area (Å²) in [6.45, 7) is 10.3. The van der Waals surface area contributed by atoms with Gasteiger partial charge in [-0.3, -0.25) is 10.00 Å². The lowest BCUT2D eigenvalue weighted by Gasteiger charge is -2.23. The Morgan fingerprint density at radius 1 is 0.763 bits per heavy atom. The number of aromatic amines is 1. The first kappa shape index (κ1) is 38.9. The molecular weight excluding hydrogens is 592 g/mol.